The van der Waals surface area contributed by atoms with Crippen LogP contribution in [0.2, 0.25) is 0 Å². The van der Waals surface area contributed by atoms with E-state index < -0.39 is 0 Å². The van der Waals surface area contributed by atoms with Gasteiger partial charge in [-0.05, 0) is 30.5 Å². The predicted molar refractivity (Wildman–Crippen MR) is 115 cm³/mol. The number of methoxy groups -OCH3 is 1. The molecular weight excluding hydrogens is 380 g/mol. The van der Waals surface area contributed by atoms with Gasteiger partial charge in [-0.1, -0.05) is 30.3 Å². The van der Waals surface area contributed by atoms with E-state index >= 15 is 0 Å². The fraction of sp³-hybridized carbons (Fsp3) is 0.458. The van der Waals surface area contributed by atoms with E-state index in [1.54, 1.807) is 7.11 Å². The van der Waals surface area contributed by atoms with E-state index in [1.807, 2.05) is 24.3 Å². The van der Waals surface area contributed by atoms with Gasteiger partial charge in [0, 0.05) is 44.2 Å². The fourth-order valence-electron chi connectivity index (χ4n) is 4.20. The average Bonchev–Trinajstić information content (AvgIpc) is 2.92. The van der Waals surface area contributed by atoms with Crippen molar-refractivity contribution in [2.24, 2.45) is 0 Å². The first-order valence-electron chi connectivity index (χ1n) is 10.6. The second-order valence-corrected chi connectivity index (χ2v) is 8.00. The molecule has 30 heavy (non-hydrogen) atoms. The molecule has 4 rings (SSSR count). The summed E-state index contributed by atoms with van der Waals surface area (Å²) in [5.41, 5.74) is 3.62. The largest absolute Gasteiger partial charge is 0.497 e. The van der Waals surface area contributed by atoms with E-state index in [4.69, 9.17) is 14.2 Å². The van der Waals surface area contributed by atoms with Crippen LogP contribution in [0.25, 0.3) is 0 Å². The summed E-state index contributed by atoms with van der Waals surface area (Å²) in [4.78, 5) is 14.8. The summed E-state index contributed by atoms with van der Waals surface area (Å²) in [6.45, 7) is 5.50. The summed E-state index contributed by atoms with van der Waals surface area (Å²) in [6, 6.07) is 14.2. The zero-order valence-electron chi connectivity index (χ0n) is 17.7. The number of carbonyl (C=O) groups is 1. The third-order valence-electron chi connectivity index (χ3n) is 5.74. The average molecular weight is 411 g/mol. The lowest BCUT2D eigenvalue weighted by Gasteiger charge is -2.26. The highest BCUT2D eigenvalue weighted by Crippen LogP contribution is 2.29. The number of carbonyl (C=O) groups excluding carboxylic acids is 1. The summed E-state index contributed by atoms with van der Waals surface area (Å²) < 4.78 is 17.2. The van der Waals surface area contributed by atoms with Crippen molar-refractivity contribution in [3.8, 4) is 11.5 Å². The minimum Gasteiger partial charge on any atom is -0.497 e. The number of ether oxygens (including phenoxy) is 3. The number of hydrogen-bond donors (Lipinski definition) is 1. The van der Waals surface area contributed by atoms with Gasteiger partial charge in [0.25, 0.3) is 0 Å². The van der Waals surface area contributed by atoms with Crippen LogP contribution < -0.4 is 14.8 Å². The first-order valence-corrected chi connectivity index (χ1v) is 10.6. The van der Waals surface area contributed by atoms with Crippen LogP contribution >= 0.6 is 0 Å². The maximum Gasteiger partial charge on any atom is 0.221 e. The van der Waals surface area contributed by atoms with Gasteiger partial charge in [0.05, 0.1) is 13.7 Å². The highest BCUT2D eigenvalue weighted by Gasteiger charge is 2.23. The second kappa shape index (κ2) is 9.49. The summed E-state index contributed by atoms with van der Waals surface area (Å²) in [7, 11) is 1.66. The molecule has 0 bridgehead atoms. The molecule has 0 aromatic heterocycles. The van der Waals surface area contributed by atoms with E-state index in [9.17, 15) is 4.79 Å². The van der Waals surface area contributed by atoms with Gasteiger partial charge >= 0.3 is 0 Å². The smallest absolute Gasteiger partial charge is 0.221 e. The third-order valence-corrected chi connectivity index (χ3v) is 5.74. The molecule has 0 saturated heterocycles. The minimum atomic E-state index is -0.0626. The molecular formula is C24H30N2O4. The number of nitrogens with zero attached hydrogens (tertiary/aromatic N) is 1. The Kier molecular flexibility index (Phi) is 6.55. The van der Waals surface area contributed by atoms with E-state index in [-0.39, 0.29) is 18.1 Å². The van der Waals surface area contributed by atoms with E-state index in [1.165, 1.54) is 11.1 Å². The quantitative estimate of drug-likeness (QED) is 0.793. The zero-order valence-corrected chi connectivity index (χ0v) is 17.7. The normalized spacial score (nSPS) is 21.0. The molecule has 0 saturated carbocycles. The lowest BCUT2D eigenvalue weighted by molar-refractivity contribution is -0.122. The van der Waals surface area contributed by atoms with Crippen molar-refractivity contribution in [1.29, 1.82) is 0 Å². The van der Waals surface area contributed by atoms with Crippen molar-refractivity contribution in [3.05, 3.63) is 59.2 Å². The monoisotopic (exact) mass is 410 g/mol. The molecule has 1 N–H and O–H groups in total. The minimum absolute atomic E-state index is 0.0496. The lowest BCUT2D eigenvalue weighted by atomic mass is 9.97. The van der Waals surface area contributed by atoms with Gasteiger partial charge in [-0.25, -0.2) is 0 Å². The molecule has 160 valence electrons. The topological polar surface area (TPSA) is 60.0 Å². The summed E-state index contributed by atoms with van der Waals surface area (Å²) in [6.07, 6.45) is 1.37. The molecule has 1 amide bonds. The highest BCUT2D eigenvalue weighted by atomic mass is 16.5. The molecule has 2 aromatic rings. The molecule has 0 spiro atoms. The molecule has 2 unspecified atom stereocenters. The van der Waals surface area contributed by atoms with Crippen LogP contribution in [0.3, 0.4) is 0 Å². The Balaban J connectivity index is 1.29. The Morgan fingerprint density at radius 2 is 2.10 bits per heavy atom. The van der Waals surface area contributed by atoms with E-state index in [2.05, 4.69) is 35.3 Å². The molecule has 0 fully saturated rings. The highest BCUT2D eigenvalue weighted by molar-refractivity contribution is 5.76. The van der Waals surface area contributed by atoms with E-state index in [0.29, 0.717) is 26.1 Å². The SMILES string of the molecule is COc1ccc2c(c1)OC(C)CN(CCC(=O)NCC1OCCc3ccccc31)C2. The van der Waals surface area contributed by atoms with Crippen LogP contribution in [0, 0.1) is 0 Å². The molecule has 0 radical (unpaired) electrons. The van der Waals surface area contributed by atoms with Gasteiger partial charge in [0.15, 0.2) is 0 Å². The Morgan fingerprint density at radius 1 is 1.23 bits per heavy atom. The van der Waals surface area contributed by atoms with Crippen molar-refractivity contribution >= 4 is 5.91 Å². The van der Waals surface area contributed by atoms with Crippen molar-refractivity contribution in [2.75, 3.05) is 33.4 Å². The van der Waals surface area contributed by atoms with Gasteiger partial charge < -0.3 is 19.5 Å². The number of amides is 1. The summed E-state index contributed by atoms with van der Waals surface area (Å²) in [5, 5.41) is 3.06. The van der Waals surface area contributed by atoms with Crippen LogP contribution in [0.5, 0.6) is 11.5 Å². The van der Waals surface area contributed by atoms with Crippen LogP contribution in [0.15, 0.2) is 42.5 Å². The van der Waals surface area contributed by atoms with Crippen molar-refractivity contribution < 1.29 is 19.0 Å². The lowest BCUT2D eigenvalue weighted by Crippen LogP contribution is -2.36. The number of hydrogen-bond acceptors (Lipinski definition) is 5. The maximum absolute atomic E-state index is 12.5. The summed E-state index contributed by atoms with van der Waals surface area (Å²) in [5.74, 6) is 1.71. The Bertz CT molecular complexity index is 885. The molecule has 2 aliphatic heterocycles. The molecule has 2 atom stereocenters. The number of benzene rings is 2. The molecule has 6 nitrogen and oxygen atoms in total. The first-order chi connectivity index (χ1) is 14.6. The molecule has 2 aliphatic rings. The Hall–Kier alpha value is -2.57. The third kappa shape index (κ3) is 4.94. The Labute approximate surface area is 178 Å². The fourth-order valence-corrected chi connectivity index (χ4v) is 4.20. The number of rotatable bonds is 6. The predicted octanol–water partition coefficient (Wildman–Crippen LogP) is 3.10. The van der Waals surface area contributed by atoms with Crippen molar-refractivity contribution in [1.82, 2.24) is 10.2 Å². The molecule has 6 heteroatoms. The van der Waals surface area contributed by atoms with Crippen LogP contribution in [0.4, 0.5) is 0 Å². The first kappa shape index (κ1) is 20.7. The molecule has 0 aliphatic carbocycles. The molecule has 2 aromatic carbocycles. The number of nitrogens with one attached hydrogen (secondary N) is 1. The van der Waals surface area contributed by atoms with Crippen LogP contribution in [0.1, 0.15) is 36.1 Å². The maximum atomic E-state index is 12.5. The van der Waals surface area contributed by atoms with Crippen molar-refractivity contribution in [2.45, 2.75) is 38.5 Å². The van der Waals surface area contributed by atoms with Gasteiger partial charge in [-0.2, -0.15) is 0 Å². The standard InChI is InChI=1S/C24H30N2O4/c1-17-15-26(16-19-7-8-20(28-2)13-22(19)30-17)11-9-24(27)25-14-23-21-6-4-3-5-18(21)10-12-29-23/h3-8,13,17,23H,9-12,14-16H2,1-2H3,(H,25,27). The van der Waals surface area contributed by atoms with E-state index in [0.717, 1.165) is 36.6 Å². The van der Waals surface area contributed by atoms with Crippen LogP contribution in [-0.4, -0.2) is 50.3 Å². The second-order valence-electron chi connectivity index (χ2n) is 8.00. The zero-order chi connectivity index (χ0) is 20.9. The summed E-state index contributed by atoms with van der Waals surface area (Å²) >= 11 is 0. The van der Waals surface area contributed by atoms with Gasteiger partial charge in [0.1, 0.15) is 23.7 Å². The van der Waals surface area contributed by atoms with Gasteiger partial charge in [0.2, 0.25) is 5.91 Å². The number of fused-ring (bicyclic) bond motifs is 2. The van der Waals surface area contributed by atoms with Gasteiger partial charge in [-0.3, -0.25) is 9.69 Å². The van der Waals surface area contributed by atoms with Gasteiger partial charge in [-0.15, -0.1) is 0 Å². The Morgan fingerprint density at radius 3 is 2.97 bits per heavy atom. The van der Waals surface area contributed by atoms with Crippen molar-refractivity contribution in [3.63, 3.8) is 0 Å². The molecule has 2 heterocycles. The van der Waals surface area contributed by atoms with Crippen LogP contribution in [-0.2, 0) is 22.5 Å².